The van der Waals surface area contributed by atoms with Crippen molar-refractivity contribution in [2.24, 2.45) is 5.73 Å². The van der Waals surface area contributed by atoms with E-state index in [1.54, 1.807) is 29.1 Å². The second kappa shape index (κ2) is 4.85. The first-order valence-corrected chi connectivity index (χ1v) is 5.12. The van der Waals surface area contributed by atoms with E-state index in [0.717, 1.165) is 5.69 Å². The van der Waals surface area contributed by atoms with Gasteiger partial charge in [-0.3, -0.25) is 0 Å². The van der Waals surface area contributed by atoms with Crippen LogP contribution in [0.4, 0.5) is 4.39 Å². The summed E-state index contributed by atoms with van der Waals surface area (Å²) in [7, 11) is 0. The van der Waals surface area contributed by atoms with E-state index in [9.17, 15) is 4.39 Å². The Bertz CT molecular complexity index is 467. The Balaban J connectivity index is 2.20. The minimum absolute atomic E-state index is 0.225. The normalized spacial score (nSPS) is 10.6. The van der Waals surface area contributed by atoms with Gasteiger partial charge < -0.3 is 5.73 Å². The molecule has 1 heterocycles. The fraction of sp³-hybridized carbons (Fsp3) is 0.273. The third-order valence-corrected chi connectivity index (χ3v) is 2.38. The van der Waals surface area contributed by atoms with E-state index >= 15 is 0 Å². The van der Waals surface area contributed by atoms with Crippen molar-refractivity contribution in [2.75, 3.05) is 6.54 Å². The van der Waals surface area contributed by atoms with Crippen LogP contribution in [0.15, 0.2) is 30.5 Å². The van der Waals surface area contributed by atoms with Crippen LogP contribution in [0.3, 0.4) is 0 Å². The summed E-state index contributed by atoms with van der Waals surface area (Å²) in [5, 5.41) is 7.72. The van der Waals surface area contributed by atoms with Gasteiger partial charge in [-0.15, -0.1) is 5.10 Å². The van der Waals surface area contributed by atoms with Gasteiger partial charge in [0.25, 0.3) is 0 Å². The molecule has 0 spiro atoms. The number of hydrogen-bond donors (Lipinski definition) is 1. The largest absolute Gasteiger partial charge is 0.330 e. The lowest BCUT2D eigenvalue weighted by Crippen LogP contribution is -2.11. The van der Waals surface area contributed by atoms with Gasteiger partial charge in [-0.05, 0) is 12.6 Å². The molecule has 0 fully saturated rings. The molecule has 0 aliphatic carbocycles. The van der Waals surface area contributed by atoms with Crippen molar-refractivity contribution in [1.82, 2.24) is 15.0 Å². The molecule has 5 heteroatoms. The predicted octanol–water partition coefficient (Wildman–Crippen LogP) is 0.967. The fourth-order valence-electron chi connectivity index (χ4n) is 1.54. The molecule has 0 saturated heterocycles. The van der Waals surface area contributed by atoms with Gasteiger partial charge in [-0.1, -0.05) is 23.4 Å². The summed E-state index contributed by atoms with van der Waals surface area (Å²) in [6, 6.07) is 6.65. The van der Waals surface area contributed by atoms with Crippen LogP contribution in [0, 0.1) is 5.82 Å². The summed E-state index contributed by atoms with van der Waals surface area (Å²) in [4.78, 5) is 0. The van der Waals surface area contributed by atoms with Crippen molar-refractivity contribution in [3.8, 4) is 0 Å². The maximum atomic E-state index is 13.4. The maximum absolute atomic E-state index is 13.4. The van der Waals surface area contributed by atoms with Crippen LogP contribution >= 0.6 is 0 Å². The molecule has 0 unspecified atom stereocenters. The molecule has 0 aliphatic heterocycles. The Hall–Kier alpha value is -1.75. The Kier molecular flexibility index (Phi) is 3.26. The molecule has 16 heavy (non-hydrogen) atoms. The molecule has 2 rings (SSSR count). The standard InChI is InChI=1S/C11H13FN4/c12-11-4-2-1-3-9(11)8-16-10(5-6-13)7-14-15-16/h1-4,7H,5-6,8,13H2. The van der Waals surface area contributed by atoms with Gasteiger partial charge in [0.2, 0.25) is 0 Å². The van der Waals surface area contributed by atoms with Crippen molar-refractivity contribution < 1.29 is 4.39 Å². The van der Waals surface area contributed by atoms with E-state index in [0.29, 0.717) is 25.1 Å². The lowest BCUT2D eigenvalue weighted by Gasteiger charge is -2.06. The Labute approximate surface area is 92.9 Å². The minimum Gasteiger partial charge on any atom is -0.330 e. The molecule has 84 valence electrons. The van der Waals surface area contributed by atoms with Crippen molar-refractivity contribution >= 4 is 0 Å². The van der Waals surface area contributed by atoms with Crippen molar-refractivity contribution in [3.63, 3.8) is 0 Å². The number of nitrogens with two attached hydrogens (primary N) is 1. The van der Waals surface area contributed by atoms with Crippen LogP contribution in [0.1, 0.15) is 11.3 Å². The number of hydrogen-bond acceptors (Lipinski definition) is 3. The van der Waals surface area contributed by atoms with Crippen molar-refractivity contribution in [1.29, 1.82) is 0 Å². The molecule has 0 bridgehead atoms. The third-order valence-electron chi connectivity index (χ3n) is 2.38. The highest BCUT2D eigenvalue weighted by atomic mass is 19.1. The van der Waals surface area contributed by atoms with E-state index in [-0.39, 0.29) is 5.82 Å². The third kappa shape index (κ3) is 2.25. The topological polar surface area (TPSA) is 56.7 Å². The summed E-state index contributed by atoms with van der Waals surface area (Å²) in [5.41, 5.74) is 6.99. The molecule has 2 aromatic rings. The van der Waals surface area contributed by atoms with Gasteiger partial charge in [0.05, 0.1) is 18.4 Å². The Morgan fingerprint density at radius 3 is 2.88 bits per heavy atom. The number of halogens is 1. The average molecular weight is 220 g/mol. The van der Waals surface area contributed by atoms with Crippen LogP contribution in [-0.2, 0) is 13.0 Å². The van der Waals surface area contributed by atoms with Crippen LogP contribution in [0.5, 0.6) is 0 Å². The number of benzene rings is 1. The molecule has 0 amide bonds. The Morgan fingerprint density at radius 2 is 2.12 bits per heavy atom. The zero-order chi connectivity index (χ0) is 11.4. The summed E-state index contributed by atoms with van der Waals surface area (Å²) >= 11 is 0. The van der Waals surface area contributed by atoms with Crippen LogP contribution in [0.2, 0.25) is 0 Å². The van der Waals surface area contributed by atoms with Crippen LogP contribution < -0.4 is 5.73 Å². The molecule has 4 nitrogen and oxygen atoms in total. The van der Waals surface area contributed by atoms with Gasteiger partial charge in [-0.2, -0.15) is 0 Å². The maximum Gasteiger partial charge on any atom is 0.128 e. The second-order valence-corrected chi connectivity index (χ2v) is 3.51. The monoisotopic (exact) mass is 220 g/mol. The zero-order valence-corrected chi connectivity index (χ0v) is 8.81. The molecular weight excluding hydrogens is 207 g/mol. The van der Waals surface area contributed by atoms with Gasteiger partial charge in [0.15, 0.2) is 0 Å². The summed E-state index contributed by atoms with van der Waals surface area (Å²) in [6.45, 7) is 0.923. The smallest absolute Gasteiger partial charge is 0.128 e. The highest BCUT2D eigenvalue weighted by Crippen LogP contribution is 2.09. The molecule has 0 radical (unpaired) electrons. The quantitative estimate of drug-likeness (QED) is 0.835. The first kappa shape index (κ1) is 10.8. The average Bonchev–Trinajstić information content (AvgIpc) is 2.70. The zero-order valence-electron chi connectivity index (χ0n) is 8.81. The fourth-order valence-corrected chi connectivity index (χ4v) is 1.54. The molecular formula is C11H13FN4. The predicted molar refractivity (Wildman–Crippen MR) is 58.3 cm³/mol. The van der Waals surface area contributed by atoms with Crippen molar-refractivity contribution in [3.05, 3.63) is 47.5 Å². The van der Waals surface area contributed by atoms with Crippen LogP contribution in [0.25, 0.3) is 0 Å². The van der Waals surface area contributed by atoms with E-state index in [1.165, 1.54) is 6.07 Å². The molecule has 1 aromatic carbocycles. The molecule has 1 aromatic heterocycles. The van der Waals surface area contributed by atoms with Gasteiger partial charge in [0, 0.05) is 12.0 Å². The summed E-state index contributed by atoms with van der Waals surface area (Å²) in [5.74, 6) is -0.225. The molecule has 0 aliphatic rings. The van der Waals surface area contributed by atoms with Gasteiger partial charge in [-0.25, -0.2) is 9.07 Å². The van der Waals surface area contributed by atoms with E-state index in [2.05, 4.69) is 10.3 Å². The molecule has 0 saturated carbocycles. The van der Waals surface area contributed by atoms with Crippen LogP contribution in [-0.4, -0.2) is 21.5 Å². The number of rotatable bonds is 4. The van der Waals surface area contributed by atoms with E-state index in [1.807, 2.05) is 0 Å². The summed E-state index contributed by atoms with van der Waals surface area (Å²) in [6.07, 6.45) is 2.36. The van der Waals surface area contributed by atoms with E-state index < -0.39 is 0 Å². The number of aromatic nitrogens is 3. The first-order valence-electron chi connectivity index (χ1n) is 5.12. The van der Waals surface area contributed by atoms with Gasteiger partial charge >= 0.3 is 0 Å². The highest BCUT2D eigenvalue weighted by molar-refractivity contribution is 5.17. The molecule has 0 atom stereocenters. The second-order valence-electron chi connectivity index (χ2n) is 3.51. The van der Waals surface area contributed by atoms with E-state index in [4.69, 9.17) is 5.73 Å². The molecule has 2 N–H and O–H groups in total. The SMILES string of the molecule is NCCc1cnnn1Cc1ccccc1F. The number of nitrogens with zero attached hydrogens (tertiary/aromatic N) is 3. The Morgan fingerprint density at radius 1 is 1.31 bits per heavy atom. The lowest BCUT2D eigenvalue weighted by atomic mass is 10.2. The van der Waals surface area contributed by atoms with Crippen molar-refractivity contribution in [2.45, 2.75) is 13.0 Å². The van der Waals surface area contributed by atoms with Gasteiger partial charge in [0.1, 0.15) is 5.82 Å². The lowest BCUT2D eigenvalue weighted by molar-refractivity contribution is 0.565. The first-order chi connectivity index (χ1) is 7.81. The highest BCUT2D eigenvalue weighted by Gasteiger charge is 2.06. The minimum atomic E-state index is -0.225. The summed E-state index contributed by atoms with van der Waals surface area (Å²) < 4.78 is 15.1.